The van der Waals surface area contributed by atoms with E-state index in [0.29, 0.717) is 5.95 Å². The van der Waals surface area contributed by atoms with Gasteiger partial charge in [-0.15, -0.1) is 11.3 Å². The number of anilines is 5. The number of hydrogen-bond acceptors (Lipinski definition) is 8. The van der Waals surface area contributed by atoms with E-state index in [2.05, 4.69) is 69.9 Å². The number of thiophene rings is 1. The van der Waals surface area contributed by atoms with Crippen molar-refractivity contribution in [3.05, 3.63) is 60.1 Å². The van der Waals surface area contributed by atoms with Gasteiger partial charge >= 0.3 is 0 Å². The highest BCUT2D eigenvalue weighted by Gasteiger charge is 2.22. The molecule has 9 heteroatoms. The average molecular weight is 472 g/mol. The molecule has 8 nitrogen and oxygen atoms in total. The second-order valence-electron chi connectivity index (χ2n) is 8.66. The molecule has 1 aliphatic heterocycles. The number of H-pyrrole nitrogens is 1. The molecule has 0 saturated carbocycles. The number of nitrogens with zero attached hydrogens (tertiary/aromatic N) is 4. The maximum atomic E-state index is 5.86. The smallest absolute Gasteiger partial charge is 0.229 e. The van der Waals surface area contributed by atoms with E-state index in [1.807, 2.05) is 29.8 Å². The molecule has 3 aromatic heterocycles. The van der Waals surface area contributed by atoms with Gasteiger partial charge in [-0.2, -0.15) is 10.1 Å². The molecular formula is C25H25N7OS. The predicted octanol–water partition coefficient (Wildman–Crippen LogP) is 5.67. The van der Waals surface area contributed by atoms with Crippen molar-refractivity contribution in [3.8, 4) is 0 Å². The fraction of sp³-hybridized carbons (Fsp3) is 0.240. The van der Waals surface area contributed by atoms with Crippen LogP contribution in [-0.2, 0) is 4.74 Å². The van der Waals surface area contributed by atoms with Gasteiger partial charge in [0.25, 0.3) is 0 Å². The third kappa shape index (κ3) is 4.15. The summed E-state index contributed by atoms with van der Waals surface area (Å²) in [6.45, 7) is 6.04. The summed E-state index contributed by atoms with van der Waals surface area (Å²) in [6, 6.07) is 16.5. The molecule has 172 valence electrons. The minimum absolute atomic E-state index is 0.229. The second-order valence-corrected chi connectivity index (χ2v) is 9.58. The Bertz CT molecular complexity index is 1440. The fourth-order valence-corrected chi connectivity index (χ4v) is 5.21. The third-order valence-corrected chi connectivity index (χ3v) is 6.83. The van der Waals surface area contributed by atoms with Crippen LogP contribution in [0.5, 0.6) is 0 Å². The van der Waals surface area contributed by atoms with Crippen LogP contribution in [0.15, 0.2) is 60.1 Å². The van der Waals surface area contributed by atoms with Crippen LogP contribution in [-0.4, -0.2) is 45.5 Å². The molecule has 0 bridgehead atoms. The molecule has 1 saturated heterocycles. The molecule has 2 atom stereocenters. The van der Waals surface area contributed by atoms with Gasteiger partial charge in [-0.05, 0) is 67.8 Å². The van der Waals surface area contributed by atoms with Gasteiger partial charge in [0.05, 0.1) is 34.1 Å². The zero-order valence-corrected chi connectivity index (χ0v) is 19.8. The van der Waals surface area contributed by atoms with E-state index in [9.17, 15) is 0 Å². The van der Waals surface area contributed by atoms with E-state index in [4.69, 9.17) is 14.7 Å². The van der Waals surface area contributed by atoms with Crippen LogP contribution in [0, 0.1) is 0 Å². The van der Waals surface area contributed by atoms with E-state index in [-0.39, 0.29) is 12.2 Å². The standard InChI is InChI=1S/C25H25N7OS/c1-15-13-32(14-16(2)33-15)20-6-3-18(4-7-20)28-25-29-22-9-10-34-23(22)24(30-25)27-19-5-8-21-17(11-19)12-26-31-21/h3-12,15-16H,13-14H2,1-2H3,(H,26,31)(H2,27,28,29,30). The Hall–Kier alpha value is -3.69. The number of aromatic nitrogens is 4. The van der Waals surface area contributed by atoms with Gasteiger partial charge in [0.2, 0.25) is 5.95 Å². The summed E-state index contributed by atoms with van der Waals surface area (Å²) < 4.78 is 6.88. The Morgan fingerprint density at radius 1 is 0.971 bits per heavy atom. The van der Waals surface area contributed by atoms with Crippen molar-refractivity contribution in [1.82, 2.24) is 20.2 Å². The van der Waals surface area contributed by atoms with Gasteiger partial charge in [0.1, 0.15) is 0 Å². The summed E-state index contributed by atoms with van der Waals surface area (Å²) in [5, 5.41) is 17.0. The molecule has 4 heterocycles. The van der Waals surface area contributed by atoms with Crippen LogP contribution in [0.1, 0.15) is 13.8 Å². The van der Waals surface area contributed by atoms with E-state index in [1.54, 1.807) is 11.3 Å². The van der Waals surface area contributed by atoms with Crippen LogP contribution < -0.4 is 15.5 Å². The summed E-state index contributed by atoms with van der Waals surface area (Å²) in [5.74, 6) is 1.33. The molecule has 0 aliphatic carbocycles. The van der Waals surface area contributed by atoms with E-state index >= 15 is 0 Å². The first-order valence-electron chi connectivity index (χ1n) is 11.3. The maximum Gasteiger partial charge on any atom is 0.229 e. The molecule has 0 radical (unpaired) electrons. The lowest BCUT2D eigenvalue weighted by Gasteiger charge is -2.36. The lowest BCUT2D eigenvalue weighted by molar-refractivity contribution is -0.00521. The molecule has 0 amide bonds. The Labute approximate surface area is 201 Å². The van der Waals surface area contributed by atoms with Crippen LogP contribution >= 0.6 is 11.3 Å². The van der Waals surface area contributed by atoms with Gasteiger partial charge < -0.3 is 20.3 Å². The highest BCUT2D eigenvalue weighted by Crippen LogP contribution is 2.31. The Morgan fingerprint density at radius 2 is 1.76 bits per heavy atom. The first-order chi connectivity index (χ1) is 16.6. The number of benzene rings is 2. The molecule has 2 aromatic carbocycles. The molecule has 34 heavy (non-hydrogen) atoms. The summed E-state index contributed by atoms with van der Waals surface area (Å²) in [6.07, 6.45) is 2.27. The largest absolute Gasteiger partial charge is 0.372 e. The van der Waals surface area contributed by atoms with Gasteiger partial charge in [-0.1, -0.05) is 0 Å². The number of ether oxygens (including phenoxy) is 1. The number of morpholine rings is 1. The number of fused-ring (bicyclic) bond motifs is 2. The fourth-order valence-electron chi connectivity index (χ4n) is 4.43. The van der Waals surface area contributed by atoms with Crippen LogP contribution in [0.3, 0.4) is 0 Å². The molecule has 2 unspecified atom stereocenters. The first kappa shape index (κ1) is 20.9. The zero-order valence-electron chi connectivity index (χ0n) is 18.9. The van der Waals surface area contributed by atoms with Gasteiger partial charge in [-0.3, -0.25) is 5.10 Å². The summed E-state index contributed by atoms with van der Waals surface area (Å²) in [5.41, 5.74) is 4.99. The predicted molar refractivity (Wildman–Crippen MR) is 139 cm³/mol. The van der Waals surface area contributed by atoms with Crippen molar-refractivity contribution < 1.29 is 4.74 Å². The van der Waals surface area contributed by atoms with Crippen LogP contribution in [0.25, 0.3) is 21.1 Å². The second kappa shape index (κ2) is 8.58. The van der Waals surface area contributed by atoms with Crippen molar-refractivity contribution in [2.24, 2.45) is 0 Å². The van der Waals surface area contributed by atoms with Crippen molar-refractivity contribution in [3.63, 3.8) is 0 Å². The third-order valence-electron chi connectivity index (χ3n) is 5.91. The van der Waals surface area contributed by atoms with Crippen LogP contribution in [0.4, 0.5) is 28.8 Å². The summed E-state index contributed by atoms with van der Waals surface area (Å²) >= 11 is 1.62. The summed E-state index contributed by atoms with van der Waals surface area (Å²) in [7, 11) is 0. The first-order valence-corrected chi connectivity index (χ1v) is 12.2. The van der Waals surface area contributed by atoms with Gasteiger partial charge in [0, 0.05) is 35.5 Å². The molecule has 5 aromatic rings. The minimum atomic E-state index is 0.229. The molecule has 6 rings (SSSR count). The summed E-state index contributed by atoms with van der Waals surface area (Å²) in [4.78, 5) is 11.9. The molecule has 3 N–H and O–H groups in total. The van der Waals surface area contributed by atoms with Crippen molar-refractivity contribution >= 4 is 61.3 Å². The number of rotatable bonds is 5. The normalized spacial score (nSPS) is 18.5. The molecular weight excluding hydrogens is 446 g/mol. The quantitative estimate of drug-likeness (QED) is 0.304. The molecule has 1 fully saturated rings. The number of aromatic amines is 1. The highest BCUT2D eigenvalue weighted by molar-refractivity contribution is 7.17. The maximum absolute atomic E-state index is 5.86. The highest BCUT2D eigenvalue weighted by atomic mass is 32.1. The van der Waals surface area contributed by atoms with Crippen molar-refractivity contribution in [2.75, 3.05) is 28.6 Å². The topological polar surface area (TPSA) is 91.0 Å². The van der Waals surface area contributed by atoms with E-state index < -0.39 is 0 Å². The SMILES string of the molecule is CC1CN(c2ccc(Nc3nc(Nc4ccc5[nH]ncc5c4)c4sccc4n3)cc2)CC(C)O1. The Morgan fingerprint density at radius 3 is 2.59 bits per heavy atom. The van der Waals surface area contributed by atoms with Crippen molar-refractivity contribution in [2.45, 2.75) is 26.1 Å². The molecule has 1 aliphatic rings. The van der Waals surface area contributed by atoms with Gasteiger partial charge in [-0.25, -0.2) is 4.98 Å². The zero-order chi connectivity index (χ0) is 23.1. The van der Waals surface area contributed by atoms with E-state index in [1.165, 1.54) is 5.69 Å². The van der Waals surface area contributed by atoms with E-state index in [0.717, 1.165) is 51.4 Å². The number of hydrogen-bond donors (Lipinski definition) is 3. The molecule has 0 spiro atoms. The monoisotopic (exact) mass is 471 g/mol. The number of nitrogens with one attached hydrogen (secondary N) is 3. The lowest BCUT2D eigenvalue weighted by Crippen LogP contribution is -2.45. The Balaban J connectivity index is 1.24. The lowest BCUT2D eigenvalue weighted by atomic mass is 10.2. The van der Waals surface area contributed by atoms with Crippen LogP contribution in [0.2, 0.25) is 0 Å². The average Bonchev–Trinajstić information content (AvgIpc) is 3.48. The van der Waals surface area contributed by atoms with Gasteiger partial charge in [0.15, 0.2) is 5.82 Å². The Kier molecular flexibility index (Phi) is 5.27. The van der Waals surface area contributed by atoms with Crippen molar-refractivity contribution in [1.29, 1.82) is 0 Å². The minimum Gasteiger partial charge on any atom is -0.372 e.